The first-order valence-corrected chi connectivity index (χ1v) is 7.76. The number of carbonyl (C=O) groups excluding carboxylic acids is 1. The van der Waals surface area contributed by atoms with Crippen LogP contribution in [-0.2, 0) is 4.74 Å². The quantitative estimate of drug-likeness (QED) is 0.707. The summed E-state index contributed by atoms with van der Waals surface area (Å²) in [7, 11) is 1.90. The van der Waals surface area contributed by atoms with E-state index in [0.29, 0.717) is 12.3 Å². The van der Waals surface area contributed by atoms with Crippen LogP contribution in [0.4, 0.5) is 0 Å². The number of aromatic nitrogens is 1. The maximum Gasteiger partial charge on any atom is 0.355 e. The number of nitrogens with one attached hydrogen (secondary N) is 2. The summed E-state index contributed by atoms with van der Waals surface area (Å²) in [4.78, 5) is 15.6. The topological polar surface area (TPSA) is 54.1 Å². The van der Waals surface area contributed by atoms with Crippen molar-refractivity contribution in [2.24, 2.45) is 0 Å². The molecule has 0 aliphatic rings. The van der Waals surface area contributed by atoms with Crippen molar-refractivity contribution in [2.45, 2.75) is 13.0 Å². The Balaban J connectivity index is 2.21. The molecule has 2 aromatic carbocycles. The SMILES string of the molecule is CCOC(=O)c1[nH]c2ccccc2c1[C@H](NC)c1ccccc1. The van der Waals surface area contributed by atoms with Crippen molar-refractivity contribution in [3.63, 3.8) is 0 Å². The van der Waals surface area contributed by atoms with Crippen LogP contribution in [0.5, 0.6) is 0 Å². The molecule has 3 aromatic rings. The molecule has 4 heteroatoms. The Labute approximate surface area is 135 Å². The van der Waals surface area contributed by atoms with E-state index in [-0.39, 0.29) is 12.0 Å². The molecule has 0 aliphatic heterocycles. The molecule has 1 aromatic heterocycles. The molecule has 4 nitrogen and oxygen atoms in total. The first kappa shape index (κ1) is 15.3. The molecular weight excluding hydrogens is 288 g/mol. The van der Waals surface area contributed by atoms with Gasteiger partial charge in [0.05, 0.1) is 12.6 Å². The number of hydrogen-bond acceptors (Lipinski definition) is 3. The van der Waals surface area contributed by atoms with Crippen LogP contribution in [0.2, 0.25) is 0 Å². The Bertz CT molecular complexity index is 809. The lowest BCUT2D eigenvalue weighted by molar-refractivity contribution is 0.0519. The molecular formula is C19H20N2O2. The normalized spacial score (nSPS) is 12.3. The van der Waals surface area contributed by atoms with Gasteiger partial charge in [-0.2, -0.15) is 0 Å². The van der Waals surface area contributed by atoms with Crippen LogP contribution in [0.3, 0.4) is 0 Å². The van der Waals surface area contributed by atoms with E-state index in [1.54, 1.807) is 0 Å². The zero-order valence-electron chi connectivity index (χ0n) is 13.3. The fraction of sp³-hybridized carbons (Fsp3) is 0.211. The lowest BCUT2D eigenvalue weighted by Crippen LogP contribution is -2.20. The minimum atomic E-state index is -0.324. The second-order valence-corrected chi connectivity index (χ2v) is 5.31. The zero-order valence-corrected chi connectivity index (χ0v) is 13.3. The highest BCUT2D eigenvalue weighted by Gasteiger charge is 2.25. The van der Waals surface area contributed by atoms with Crippen molar-refractivity contribution in [3.05, 3.63) is 71.4 Å². The zero-order chi connectivity index (χ0) is 16.2. The molecule has 118 valence electrons. The van der Waals surface area contributed by atoms with Crippen molar-refractivity contribution in [1.29, 1.82) is 0 Å². The standard InChI is InChI=1S/C19H20N2O2/c1-3-23-19(22)18-16(14-11-7-8-12-15(14)21-18)17(20-2)13-9-5-4-6-10-13/h4-12,17,20-21H,3H2,1-2H3/t17-/m1/s1. The monoisotopic (exact) mass is 308 g/mol. The largest absolute Gasteiger partial charge is 0.461 e. The number of esters is 1. The summed E-state index contributed by atoms with van der Waals surface area (Å²) in [6.45, 7) is 2.16. The van der Waals surface area contributed by atoms with Gasteiger partial charge in [0.15, 0.2) is 0 Å². The molecule has 23 heavy (non-hydrogen) atoms. The number of carbonyl (C=O) groups is 1. The van der Waals surface area contributed by atoms with Crippen molar-refractivity contribution < 1.29 is 9.53 Å². The molecule has 0 saturated carbocycles. The Morgan fingerprint density at radius 2 is 1.83 bits per heavy atom. The Kier molecular flexibility index (Phi) is 4.44. The van der Waals surface area contributed by atoms with E-state index in [2.05, 4.69) is 22.4 Å². The van der Waals surface area contributed by atoms with E-state index < -0.39 is 0 Å². The van der Waals surface area contributed by atoms with Crippen molar-refractivity contribution in [1.82, 2.24) is 10.3 Å². The lowest BCUT2D eigenvalue weighted by atomic mass is 9.96. The van der Waals surface area contributed by atoms with Gasteiger partial charge in [-0.15, -0.1) is 0 Å². The van der Waals surface area contributed by atoms with Gasteiger partial charge in [-0.25, -0.2) is 4.79 Å². The molecule has 0 amide bonds. The first-order chi connectivity index (χ1) is 11.3. The fourth-order valence-corrected chi connectivity index (χ4v) is 2.95. The lowest BCUT2D eigenvalue weighted by Gasteiger charge is -2.18. The maximum atomic E-state index is 12.4. The second kappa shape index (κ2) is 6.67. The van der Waals surface area contributed by atoms with Crippen molar-refractivity contribution in [2.75, 3.05) is 13.7 Å². The average molecular weight is 308 g/mol. The molecule has 3 rings (SSSR count). The molecule has 0 aliphatic carbocycles. The van der Waals surface area contributed by atoms with Gasteiger partial charge in [-0.05, 0) is 25.6 Å². The van der Waals surface area contributed by atoms with Crippen LogP contribution in [-0.4, -0.2) is 24.6 Å². The molecule has 1 heterocycles. The molecule has 1 atom stereocenters. The van der Waals surface area contributed by atoms with Crippen LogP contribution >= 0.6 is 0 Å². The van der Waals surface area contributed by atoms with Gasteiger partial charge in [-0.1, -0.05) is 48.5 Å². The number of rotatable bonds is 5. The molecule has 0 radical (unpaired) electrons. The van der Waals surface area contributed by atoms with Crippen LogP contribution in [0.25, 0.3) is 10.9 Å². The fourth-order valence-electron chi connectivity index (χ4n) is 2.95. The van der Waals surface area contributed by atoms with Gasteiger partial charge in [0, 0.05) is 16.5 Å². The molecule has 0 fully saturated rings. The smallest absolute Gasteiger partial charge is 0.355 e. The summed E-state index contributed by atoms with van der Waals surface area (Å²) >= 11 is 0. The summed E-state index contributed by atoms with van der Waals surface area (Å²) < 4.78 is 5.23. The Morgan fingerprint density at radius 1 is 1.13 bits per heavy atom. The van der Waals surface area contributed by atoms with Gasteiger partial charge < -0.3 is 15.0 Å². The van der Waals surface area contributed by atoms with E-state index in [1.807, 2.05) is 56.4 Å². The summed E-state index contributed by atoms with van der Waals surface area (Å²) in [5.74, 6) is -0.324. The van der Waals surface area contributed by atoms with E-state index >= 15 is 0 Å². The molecule has 0 saturated heterocycles. The molecule has 0 spiro atoms. The van der Waals surface area contributed by atoms with Gasteiger partial charge >= 0.3 is 5.97 Å². The number of para-hydroxylation sites is 1. The Hall–Kier alpha value is -2.59. The van der Waals surface area contributed by atoms with E-state index in [4.69, 9.17) is 4.74 Å². The summed E-state index contributed by atoms with van der Waals surface area (Å²) in [6.07, 6.45) is 0. The number of H-pyrrole nitrogens is 1. The van der Waals surface area contributed by atoms with E-state index in [1.165, 1.54) is 0 Å². The van der Waals surface area contributed by atoms with Crippen LogP contribution in [0.1, 0.15) is 34.6 Å². The van der Waals surface area contributed by atoms with Gasteiger partial charge in [0.25, 0.3) is 0 Å². The number of hydrogen-bond donors (Lipinski definition) is 2. The molecule has 2 N–H and O–H groups in total. The van der Waals surface area contributed by atoms with Crippen LogP contribution in [0, 0.1) is 0 Å². The minimum Gasteiger partial charge on any atom is -0.461 e. The second-order valence-electron chi connectivity index (χ2n) is 5.31. The number of benzene rings is 2. The highest BCUT2D eigenvalue weighted by Crippen LogP contribution is 2.32. The predicted octanol–water partition coefficient (Wildman–Crippen LogP) is 3.65. The van der Waals surface area contributed by atoms with Gasteiger partial charge in [0.1, 0.15) is 5.69 Å². The number of fused-ring (bicyclic) bond motifs is 1. The third-order valence-corrected chi connectivity index (χ3v) is 3.94. The Morgan fingerprint density at radius 3 is 2.52 bits per heavy atom. The highest BCUT2D eigenvalue weighted by molar-refractivity contribution is 5.99. The van der Waals surface area contributed by atoms with Crippen LogP contribution < -0.4 is 5.32 Å². The summed E-state index contributed by atoms with van der Waals surface area (Å²) in [5, 5.41) is 4.35. The van der Waals surface area contributed by atoms with E-state index in [9.17, 15) is 4.79 Å². The third kappa shape index (κ3) is 2.85. The van der Waals surface area contributed by atoms with Gasteiger partial charge in [-0.3, -0.25) is 0 Å². The minimum absolute atomic E-state index is 0.0910. The highest BCUT2D eigenvalue weighted by atomic mass is 16.5. The average Bonchev–Trinajstić information content (AvgIpc) is 2.97. The van der Waals surface area contributed by atoms with Crippen LogP contribution in [0.15, 0.2) is 54.6 Å². The number of aromatic amines is 1. The van der Waals surface area contributed by atoms with Crippen molar-refractivity contribution in [3.8, 4) is 0 Å². The summed E-state index contributed by atoms with van der Waals surface area (Å²) in [5.41, 5.74) is 3.47. The maximum absolute atomic E-state index is 12.4. The van der Waals surface area contributed by atoms with Crippen molar-refractivity contribution >= 4 is 16.9 Å². The molecule has 0 bridgehead atoms. The predicted molar refractivity (Wildman–Crippen MR) is 91.6 cm³/mol. The summed E-state index contributed by atoms with van der Waals surface area (Å²) in [6, 6.07) is 17.9. The van der Waals surface area contributed by atoms with Gasteiger partial charge in [0.2, 0.25) is 0 Å². The third-order valence-electron chi connectivity index (χ3n) is 3.94. The first-order valence-electron chi connectivity index (χ1n) is 7.76. The number of ether oxygens (including phenoxy) is 1. The van der Waals surface area contributed by atoms with E-state index in [0.717, 1.165) is 22.0 Å². The molecule has 0 unspecified atom stereocenters.